The summed E-state index contributed by atoms with van der Waals surface area (Å²) in [5.41, 5.74) is 3.84. The minimum absolute atomic E-state index is 0.351. The molecule has 17 heavy (non-hydrogen) atoms. The van der Waals surface area contributed by atoms with E-state index in [0.29, 0.717) is 6.04 Å². The van der Waals surface area contributed by atoms with Gasteiger partial charge in [-0.15, -0.1) is 0 Å². The van der Waals surface area contributed by atoms with E-state index >= 15 is 0 Å². The topological polar surface area (TPSA) is 47.0 Å². The molecule has 1 atom stereocenters. The van der Waals surface area contributed by atoms with Crippen molar-refractivity contribution >= 4 is 0 Å². The molecule has 2 rings (SSSR count). The molecule has 0 bridgehead atoms. The molecule has 1 aromatic heterocycles. The minimum atomic E-state index is 0.351. The average molecular weight is 235 g/mol. The van der Waals surface area contributed by atoms with E-state index in [4.69, 9.17) is 4.74 Å². The number of methoxy groups -OCH3 is 1. The van der Waals surface area contributed by atoms with E-state index in [1.54, 1.807) is 13.4 Å². The molecule has 0 radical (unpaired) electrons. The zero-order chi connectivity index (χ0) is 12.1. The largest absolute Gasteiger partial charge is 0.383 e. The number of hydrogen-bond acceptors (Lipinski definition) is 4. The summed E-state index contributed by atoms with van der Waals surface area (Å²) in [4.78, 5) is 8.80. The predicted molar refractivity (Wildman–Crippen MR) is 67.1 cm³/mol. The molecule has 0 fully saturated rings. The summed E-state index contributed by atoms with van der Waals surface area (Å²) in [6.45, 7) is 3.81. The Labute approximate surface area is 103 Å². The van der Waals surface area contributed by atoms with Gasteiger partial charge >= 0.3 is 0 Å². The van der Waals surface area contributed by atoms with Gasteiger partial charge < -0.3 is 10.1 Å². The first-order valence-corrected chi connectivity index (χ1v) is 6.39. The Morgan fingerprint density at radius 3 is 3.06 bits per heavy atom. The van der Waals surface area contributed by atoms with Gasteiger partial charge in [-0.1, -0.05) is 6.92 Å². The molecule has 0 saturated heterocycles. The van der Waals surface area contributed by atoms with E-state index in [-0.39, 0.29) is 0 Å². The lowest BCUT2D eigenvalue weighted by molar-refractivity contribution is 0.166. The van der Waals surface area contributed by atoms with Crippen molar-refractivity contribution in [3.8, 4) is 0 Å². The van der Waals surface area contributed by atoms with E-state index in [9.17, 15) is 0 Å². The summed E-state index contributed by atoms with van der Waals surface area (Å²) in [7, 11) is 1.74. The molecular formula is C13H21N3O. The van der Waals surface area contributed by atoms with Gasteiger partial charge in [0.15, 0.2) is 0 Å². The summed E-state index contributed by atoms with van der Waals surface area (Å²) in [5.74, 6) is 0. The quantitative estimate of drug-likeness (QED) is 0.803. The van der Waals surface area contributed by atoms with Crippen LogP contribution >= 0.6 is 0 Å². The second-order valence-corrected chi connectivity index (χ2v) is 4.51. The van der Waals surface area contributed by atoms with Crippen LogP contribution in [0.1, 0.15) is 30.3 Å². The minimum Gasteiger partial charge on any atom is -0.383 e. The molecule has 4 heteroatoms. The first-order chi connectivity index (χ1) is 8.35. The maximum Gasteiger partial charge on any atom is 0.115 e. The van der Waals surface area contributed by atoms with Crippen molar-refractivity contribution in [2.45, 2.75) is 38.6 Å². The fourth-order valence-electron chi connectivity index (χ4n) is 2.52. The molecule has 94 valence electrons. The normalized spacial score (nSPS) is 15.9. The van der Waals surface area contributed by atoms with Crippen LogP contribution in [-0.4, -0.2) is 36.3 Å². The number of aromatic nitrogens is 2. The highest BCUT2D eigenvalue weighted by Crippen LogP contribution is 2.22. The Morgan fingerprint density at radius 1 is 1.41 bits per heavy atom. The number of likely N-dealkylation sites (N-methyl/N-ethyl adjacent to an activating group) is 1. The van der Waals surface area contributed by atoms with Crippen molar-refractivity contribution in [1.29, 1.82) is 0 Å². The van der Waals surface area contributed by atoms with Crippen molar-refractivity contribution in [3.05, 3.63) is 23.3 Å². The Kier molecular flexibility index (Phi) is 4.45. The smallest absolute Gasteiger partial charge is 0.115 e. The van der Waals surface area contributed by atoms with Crippen molar-refractivity contribution in [1.82, 2.24) is 15.3 Å². The lowest BCUT2D eigenvalue weighted by Gasteiger charge is -2.17. The first-order valence-electron chi connectivity index (χ1n) is 6.39. The van der Waals surface area contributed by atoms with Crippen LogP contribution in [0, 0.1) is 0 Å². The standard InChI is InChI=1S/C13H21N3O/c1-3-14-10(8-17-2)7-13-11-5-4-6-12(11)15-9-16-13/h9-10,14H,3-8H2,1-2H3. The Balaban J connectivity index is 2.09. The molecule has 4 nitrogen and oxygen atoms in total. The van der Waals surface area contributed by atoms with Crippen molar-refractivity contribution in [3.63, 3.8) is 0 Å². The van der Waals surface area contributed by atoms with Gasteiger partial charge in [0.1, 0.15) is 6.33 Å². The number of nitrogens with zero attached hydrogens (tertiary/aromatic N) is 2. The highest BCUT2D eigenvalue weighted by atomic mass is 16.5. The summed E-state index contributed by atoms with van der Waals surface area (Å²) >= 11 is 0. The summed E-state index contributed by atoms with van der Waals surface area (Å²) in [5, 5.41) is 3.44. The third kappa shape index (κ3) is 3.01. The van der Waals surface area contributed by atoms with Crippen molar-refractivity contribution < 1.29 is 4.74 Å². The highest BCUT2D eigenvalue weighted by molar-refractivity contribution is 5.29. The molecular weight excluding hydrogens is 214 g/mol. The monoisotopic (exact) mass is 235 g/mol. The maximum atomic E-state index is 5.24. The summed E-state index contributed by atoms with van der Waals surface area (Å²) < 4.78 is 5.24. The van der Waals surface area contributed by atoms with Crippen molar-refractivity contribution in [2.24, 2.45) is 0 Å². The molecule has 1 aromatic rings. The third-order valence-electron chi connectivity index (χ3n) is 3.26. The van der Waals surface area contributed by atoms with Gasteiger partial charge in [0.25, 0.3) is 0 Å². The average Bonchev–Trinajstić information content (AvgIpc) is 2.79. The van der Waals surface area contributed by atoms with Crippen LogP contribution in [0.2, 0.25) is 0 Å². The van der Waals surface area contributed by atoms with Gasteiger partial charge in [-0.05, 0) is 31.4 Å². The van der Waals surface area contributed by atoms with E-state index < -0.39 is 0 Å². The summed E-state index contributed by atoms with van der Waals surface area (Å²) in [6.07, 6.45) is 6.11. The van der Waals surface area contributed by atoms with Crippen LogP contribution in [0.5, 0.6) is 0 Å². The van der Waals surface area contributed by atoms with Crippen LogP contribution in [0.25, 0.3) is 0 Å². The van der Waals surface area contributed by atoms with Gasteiger partial charge in [-0.25, -0.2) is 9.97 Å². The molecule has 1 N–H and O–H groups in total. The zero-order valence-electron chi connectivity index (χ0n) is 10.7. The number of nitrogens with one attached hydrogen (secondary N) is 1. The molecule has 1 aliphatic carbocycles. The molecule has 0 saturated carbocycles. The van der Waals surface area contributed by atoms with Crippen LogP contribution in [-0.2, 0) is 24.0 Å². The number of ether oxygens (including phenoxy) is 1. The Hall–Kier alpha value is -1.00. The second-order valence-electron chi connectivity index (χ2n) is 4.51. The molecule has 0 aliphatic heterocycles. The fraction of sp³-hybridized carbons (Fsp3) is 0.692. The van der Waals surface area contributed by atoms with Crippen LogP contribution in [0.4, 0.5) is 0 Å². The van der Waals surface area contributed by atoms with Gasteiger partial charge in [0.2, 0.25) is 0 Å². The SMILES string of the molecule is CCNC(COC)Cc1ncnc2c1CCC2. The molecule has 1 aliphatic rings. The predicted octanol–water partition coefficient (Wildman–Crippen LogP) is 1.13. The van der Waals surface area contributed by atoms with Gasteiger partial charge in [-0.3, -0.25) is 0 Å². The number of fused-ring (bicyclic) bond motifs is 1. The number of rotatable bonds is 6. The first kappa shape index (κ1) is 12.5. The van der Waals surface area contributed by atoms with E-state index in [1.807, 2.05) is 0 Å². The number of aryl methyl sites for hydroxylation is 1. The third-order valence-corrected chi connectivity index (χ3v) is 3.26. The number of hydrogen-bond donors (Lipinski definition) is 1. The summed E-state index contributed by atoms with van der Waals surface area (Å²) in [6, 6.07) is 0.351. The highest BCUT2D eigenvalue weighted by Gasteiger charge is 2.19. The molecule has 0 spiro atoms. The van der Waals surface area contributed by atoms with E-state index in [1.165, 1.54) is 23.4 Å². The molecule has 0 aromatic carbocycles. The van der Waals surface area contributed by atoms with Gasteiger partial charge in [0.05, 0.1) is 6.61 Å². The molecule has 1 unspecified atom stereocenters. The van der Waals surface area contributed by atoms with Gasteiger partial charge in [0, 0.05) is 31.0 Å². The van der Waals surface area contributed by atoms with Crippen LogP contribution < -0.4 is 5.32 Å². The van der Waals surface area contributed by atoms with E-state index in [2.05, 4.69) is 22.2 Å². The van der Waals surface area contributed by atoms with Gasteiger partial charge in [-0.2, -0.15) is 0 Å². The molecule has 1 heterocycles. The maximum absolute atomic E-state index is 5.24. The Morgan fingerprint density at radius 2 is 2.29 bits per heavy atom. The lowest BCUT2D eigenvalue weighted by atomic mass is 10.1. The van der Waals surface area contributed by atoms with Crippen LogP contribution in [0.15, 0.2) is 6.33 Å². The second kappa shape index (κ2) is 6.07. The van der Waals surface area contributed by atoms with Crippen molar-refractivity contribution in [2.75, 3.05) is 20.3 Å². The molecule has 0 amide bonds. The van der Waals surface area contributed by atoms with Crippen LogP contribution in [0.3, 0.4) is 0 Å². The Bertz CT molecular complexity index is 362. The zero-order valence-corrected chi connectivity index (χ0v) is 10.7. The van der Waals surface area contributed by atoms with E-state index in [0.717, 1.165) is 32.4 Å². The fourth-order valence-corrected chi connectivity index (χ4v) is 2.52. The lowest BCUT2D eigenvalue weighted by Crippen LogP contribution is -2.35.